The zero-order valence-electron chi connectivity index (χ0n) is 9.87. The first-order valence-electron chi connectivity index (χ1n) is 5.39. The number of hydrogen-bond acceptors (Lipinski definition) is 3. The summed E-state index contributed by atoms with van der Waals surface area (Å²) in [6, 6.07) is 4.69. The van der Waals surface area contributed by atoms with Crippen LogP contribution in [0.5, 0.6) is 5.75 Å². The topological polar surface area (TPSA) is 58.6 Å². The van der Waals surface area contributed by atoms with Gasteiger partial charge in [0, 0.05) is 12.1 Å². The summed E-state index contributed by atoms with van der Waals surface area (Å²) >= 11 is 3.16. The van der Waals surface area contributed by atoms with Gasteiger partial charge in [-0.25, -0.2) is 0 Å². The number of aromatic hydroxyl groups is 1. The molecule has 0 radical (unpaired) electrons. The second kappa shape index (κ2) is 6.61. The van der Waals surface area contributed by atoms with Crippen LogP contribution in [0.4, 0.5) is 0 Å². The summed E-state index contributed by atoms with van der Waals surface area (Å²) in [5, 5.41) is 12.2. The lowest BCUT2D eigenvalue weighted by molar-refractivity contribution is 0.0746. The highest BCUT2D eigenvalue weighted by Crippen LogP contribution is 2.24. The number of nitrogens with one attached hydrogen (secondary N) is 1. The van der Waals surface area contributed by atoms with Crippen molar-refractivity contribution in [3.05, 3.63) is 28.2 Å². The number of hydrogen-bond donors (Lipinski definition) is 2. The maximum absolute atomic E-state index is 11.7. The number of benzene rings is 1. The Balaban J connectivity index is 2.44. The number of amides is 1. The van der Waals surface area contributed by atoms with Gasteiger partial charge in [-0.05, 0) is 48.0 Å². The van der Waals surface area contributed by atoms with Crippen molar-refractivity contribution in [2.75, 3.05) is 13.2 Å². The van der Waals surface area contributed by atoms with Crippen molar-refractivity contribution in [3.63, 3.8) is 0 Å². The van der Waals surface area contributed by atoms with Crippen molar-refractivity contribution >= 4 is 21.8 Å². The largest absolute Gasteiger partial charge is 0.507 e. The van der Waals surface area contributed by atoms with E-state index in [9.17, 15) is 9.90 Å². The molecule has 0 aliphatic rings. The zero-order valence-corrected chi connectivity index (χ0v) is 11.5. The summed E-state index contributed by atoms with van der Waals surface area (Å²) in [4.78, 5) is 11.7. The predicted octanol–water partition coefficient (Wildman–Crippen LogP) is 2.31. The van der Waals surface area contributed by atoms with Gasteiger partial charge in [-0.3, -0.25) is 4.79 Å². The van der Waals surface area contributed by atoms with Gasteiger partial charge in [0.2, 0.25) is 0 Å². The zero-order chi connectivity index (χ0) is 12.8. The summed E-state index contributed by atoms with van der Waals surface area (Å²) in [7, 11) is 0. The molecule has 1 amide bonds. The summed E-state index contributed by atoms with van der Waals surface area (Å²) in [6.45, 7) is 4.81. The molecule has 0 bridgehead atoms. The van der Waals surface area contributed by atoms with Crippen LogP contribution in [0.15, 0.2) is 22.7 Å². The van der Waals surface area contributed by atoms with E-state index in [4.69, 9.17) is 4.74 Å². The fourth-order valence-electron chi connectivity index (χ4n) is 1.22. The average molecular weight is 302 g/mol. The molecule has 0 aliphatic heterocycles. The molecule has 0 heterocycles. The van der Waals surface area contributed by atoms with Crippen LogP contribution in [-0.4, -0.2) is 30.3 Å². The van der Waals surface area contributed by atoms with E-state index < -0.39 is 0 Å². The van der Waals surface area contributed by atoms with E-state index >= 15 is 0 Å². The van der Waals surface area contributed by atoms with Gasteiger partial charge >= 0.3 is 0 Å². The molecule has 1 rings (SSSR count). The fraction of sp³-hybridized carbons (Fsp3) is 0.417. The number of rotatable bonds is 5. The van der Waals surface area contributed by atoms with Gasteiger partial charge < -0.3 is 15.2 Å². The molecule has 1 aromatic rings. The molecule has 5 heteroatoms. The van der Waals surface area contributed by atoms with E-state index in [-0.39, 0.29) is 17.8 Å². The highest BCUT2D eigenvalue weighted by molar-refractivity contribution is 9.10. The molecule has 0 atom stereocenters. The SMILES string of the molecule is CC(C)OCCNC(=O)c1ccc(Br)c(O)c1. The minimum absolute atomic E-state index is 0.0519. The molecule has 0 saturated heterocycles. The maximum atomic E-state index is 11.7. The fourth-order valence-corrected chi connectivity index (χ4v) is 1.46. The summed E-state index contributed by atoms with van der Waals surface area (Å²) < 4.78 is 5.87. The Morgan fingerprint density at radius 1 is 1.53 bits per heavy atom. The molecule has 0 unspecified atom stereocenters. The lowest BCUT2D eigenvalue weighted by Crippen LogP contribution is -2.28. The van der Waals surface area contributed by atoms with Crippen LogP contribution in [0.3, 0.4) is 0 Å². The van der Waals surface area contributed by atoms with E-state index in [0.29, 0.717) is 23.2 Å². The Morgan fingerprint density at radius 2 is 2.24 bits per heavy atom. The van der Waals surface area contributed by atoms with Crippen LogP contribution in [0, 0.1) is 0 Å². The minimum Gasteiger partial charge on any atom is -0.507 e. The number of ether oxygens (including phenoxy) is 1. The van der Waals surface area contributed by atoms with E-state index in [1.807, 2.05) is 13.8 Å². The van der Waals surface area contributed by atoms with Crippen LogP contribution in [0.1, 0.15) is 24.2 Å². The third-order valence-corrected chi connectivity index (χ3v) is 2.72. The molecular weight excluding hydrogens is 286 g/mol. The lowest BCUT2D eigenvalue weighted by atomic mass is 10.2. The van der Waals surface area contributed by atoms with Crippen LogP contribution in [-0.2, 0) is 4.74 Å². The minimum atomic E-state index is -0.222. The van der Waals surface area contributed by atoms with Crippen molar-refractivity contribution in [1.29, 1.82) is 0 Å². The van der Waals surface area contributed by atoms with Crippen LogP contribution < -0.4 is 5.32 Å². The molecular formula is C12H16BrNO3. The molecule has 17 heavy (non-hydrogen) atoms. The number of carbonyl (C=O) groups excluding carboxylic acids is 1. The predicted molar refractivity (Wildman–Crippen MR) is 69.2 cm³/mol. The third kappa shape index (κ3) is 4.75. The Hall–Kier alpha value is -1.07. The quantitative estimate of drug-likeness (QED) is 0.821. The normalized spacial score (nSPS) is 10.6. The lowest BCUT2D eigenvalue weighted by Gasteiger charge is -2.09. The van der Waals surface area contributed by atoms with Crippen LogP contribution in [0.25, 0.3) is 0 Å². The molecule has 0 fully saturated rings. The average Bonchev–Trinajstić information content (AvgIpc) is 2.27. The van der Waals surface area contributed by atoms with E-state index in [2.05, 4.69) is 21.2 Å². The van der Waals surface area contributed by atoms with E-state index in [1.54, 1.807) is 12.1 Å². The summed E-state index contributed by atoms with van der Waals surface area (Å²) in [6.07, 6.45) is 0.156. The first-order chi connectivity index (χ1) is 8.00. The monoisotopic (exact) mass is 301 g/mol. The molecule has 0 aromatic heterocycles. The van der Waals surface area contributed by atoms with Gasteiger partial charge in [0.1, 0.15) is 5.75 Å². The number of halogens is 1. The van der Waals surface area contributed by atoms with Gasteiger partial charge in [-0.2, -0.15) is 0 Å². The van der Waals surface area contributed by atoms with Gasteiger partial charge in [0.15, 0.2) is 0 Å². The molecule has 0 spiro atoms. The van der Waals surface area contributed by atoms with Crippen molar-refractivity contribution in [2.45, 2.75) is 20.0 Å². The molecule has 0 aliphatic carbocycles. The highest BCUT2D eigenvalue weighted by atomic mass is 79.9. The van der Waals surface area contributed by atoms with Crippen molar-refractivity contribution in [2.24, 2.45) is 0 Å². The molecule has 94 valence electrons. The first-order valence-corrected chi connectivity index (χ1v) is 6.18. The van der Waals surface area contributed by atoms with Crippen LogP contribution in [0.2, 0.25) is 0 Å². The van der Waals surface area contributed by atoms with Crippen molar-refractivity contribution in [1.82, 2.24) is 5.32 Å². The Bertz CT molecular complexity index is 393. The number of phenols is 1. The third-order valence-electron chi connectivity index (χ3n) is 2.05. The standard InChI is InChI=1S/C12H16BrNO3/c1-8(2)17-6-5-14-12(16)9-3-4-10(13)11(15)7-9/h3-4,7-8,15H,5-6H2,1-2H3,(H,14,16). The summed E-state index contributed by atoms with van der Waals surface area (Å²) in [5.41, 5.74) is 0.426. The Labute approximate surface area is 109 Å². The van der Waals surface area contributed by atoms with Gasteiger partial charge in [0.05, 0.1) is 17.2 Å². The number of phenolic OH excluding ortho intramolecular Hbond substituents is 1. The Kier molecular flexibility index (Phi) is 5.44. The highest BCUT2D eigenvalue weighted by Gasteiger charge is 2.07. The molecule has 1 aromatic carbocycles. The second-order valence-electron chi connectivity index (χ2n) is 3.84. The maximum Gasteiger partial charge on any atom is 0.251 e. The van der Waals surface area contributed by atoms with Gasteiger partial charge in [-0.1, -0.05) is 0 Å². The summed E-state index contributed by atoms with van der Waals surface area (Å²) in [5.74, 6) is -0.170. The Morgan fingerprint density at radius 3 is 2.82 bits per heavy atom. The number of carbonyl (C=O) groups is 1. The second-order valence-corrected chi connectivity index (χ2v) is 4.70. The van der Waals surface area contributed by atoms with E-state index in [0.717, 1.165) is 0 Å². The molecule has 2 N–H and O–H groups in total. The van der Waals surface area contributed by atoms with E-state index in [1.165, 1.54) is 6.07 Å². The van der Waals surface area contributed by atoms with Crippen molar-refractivity contribution in [3.8, 4) is 5.75 Å². The van der Waals surface area contributed by atoms with Gasteiger partial charge in [0.25, 0.3) is 5.91 Å². The van der Waals surface area contributed by atoms with Crippen molar-refractivity contribution < 1.29 is 14.6 Å². The molecule has 4 nitrogen and oxygen atoms in total. The first kappa shape index (κ1) is 14.0. The molecule has 0 saturated carbocycles. The smallest absolute Gasteiger partial charge is 0.251 e. The van der Waals surface area contributed by atoms with Gasteiger partial charge in [-0.15, -0.1) is 0 Å². The van der Waals surface area contributed by atoms with Crippen LogP contribution >= 0.6 is 15.9 Å².